The molecule has 0 N–H and O–H groups in total. The Bertz CT molecular complexity index is 770. The van der Waals surface area contributed by atoms with E-state index in [-0.39, 0.29) is 0 Å². The van der Waals surface area contributed by atoms with Crippen LogP contribution in [0.3, 0.4) is 0 Å². The van der Waals surface area contributed by atoms with Crippen LogP contribution in [-0.4, -0.2) is 33.7 Å². The van der Waals surface area contributed by atoms with Crippen LogP contribution in [0.5, 0.6) is 5.75 Å². The number of benzene rings is 1. The van der Waals surface area contributed by atoms with Crippen LogP contribution in [0.15, 0.2) is 30.6 Å². The smallest absolute Gasteiger partial charge is 0.166 e. The van der Waals surface area contributed by atoms with Crippen molar-refractivity contribution in [2.45, 2.75) is 6.73 Å². The zero-order valence-electron chi connectivity index (χ0n) is 11.6. The topological polar surface area (TPSA) is 62.1 Å². The molecule has 108 valence electrons. The van der Waals surface area contributed by atoms with Gasteiger partial charge in [-0.25, -0.2) is 15.0 Å². The molecule has 6 nitrogen and oxygen atoms in total. The van der Waals surface area contributed by atoms with Crippen LogP contribution < -0.4 is 4.74 Å². The van der Waals surface area contributed by atoms with Crippen molar-refractivity contribution in [1.29, 1.82) is 0 Å². The third kappa shape index (κ3) is 2.58. The summed E-state index contributed by atoms with van der Waals surface area (Å²) in [5.74, 6) is 1.61. The van der Waals surface area contributed by atoms with E-state index in [1.54, 1.807) is 14.2 Å². The molecule has 0 atom stereocenters. The average Bonchev–Trinajstić information content (AvgIpc) is 2.88. The Morgan fingerprint density at radius 1 is 1.14 bits per heavy atom. The van der Waals surface area contributed by atoms with Crippen LogP contribution in [0.4, 0.5) is 0 Å². The molecule has 0 amide bonds. The SMILES string of the molecule is COCn1c(-c2ccc(OC)cc2)nc2c(I)ncnc21. The van der Waals surface area contributed by atoms with Gasteiger partial charge >= 0.3 is 0 Å². The zero-order chi connectivity index (χ0) is 14.8. The van der Waals surface area contributed by atoms with E-state index in [1.807, 2.05) is 28.8 Å². The fourth-order valence-electron chi connectivity index (χ4n) is 2.12. The molecule has 0 unspecified atom stereocenters. The summed E-state index contributed by atoms with van der Waals surface area (Å²) in [7, 11) is 3.29. The Morgan fingerprint density at radius 2 is 1.90 bits per heavy atom. The zero-order valence-corrected chi connectivity index (χ0v) is 13.7. The van der Waals surface area contributed by atoms with E-state index in [4.69, 9.17) is 9.47 Å². The number of nitrogens with zero attached hydrogens (tertiary/aromatic N) is 4. The quantitative estimate of drug-likeness (QED) is 0.502. The third-order valence-electron chi connectivity index (χ3n) is 3.09. The van der Waals surface area contributed by atoms with Gasteiger partial charge in [0.05, 0.1) is 7.11 Å². The van der Waals surface area contributed by atoms with Crippen LogP contribution in [-0.2, 0) is 11.5 Å². The second-order valence-electron chi connectivity index (χ2n) is 4.35. The van der Waals surface area contributed by atoms with E-state index in [0.717, 1.165) is 32.0 Å². The average molecular weight is 396 g/mol. The largest absolute Gasteiger partial charge is 0.497 e. The predicted octanol–water partition coefficient (Wildman–Crippen LogP) is 2.71. The van der Waals surface area contributed by atoms with Gasteiger partial charge in [0.1, 0.15) is 33.8 Å². The number of ether oxygens (including phenoxy) is 2. The van der Waals surface area contributed by atoms with Crippen LogP contribution in [0.25, 0.3) is 22.6 Å². The van der Waals surface area contributed by atoms with E-state index < -0.39 is 0 Å². The van der Waals surface area contributed by atoms with Crippen molar-refractivity contribution in [1.82, 2.24) is 19.5 Å². The Hall–Kier alpha value is -1.74. The minimum atomic E-state index is 0.380. The Labute approximate surface area is 135 Å². The van der Waals surface area contributed by atoms with Crippen molar-refractivity contribution in [3.63, 3.8) is 0 Å². The molecule has 1 aromatic carbocycles. The lowest BCUT2D eigenvalue weighted by molar-refractivity contribution is 0.135. The van der Waals surface area contributed by atoms with Gasteiger partial charge in [0.2, 0.25) is 0 Å². The van der Waals surface area contributed by atoms with Crippen molar-refractivity contribution in [3.05, 3.63) is 34.3 Å². The summed E-state index contributed by atoms with van der Waals surface area (Å²) in [5.41, 5.74) is 2.52. The maximum Gasteiger partial charge on any atom is 0.166 e. The van der Waals surface area contributed by atoms with Gasteiger partial charge in [-0.05, 0) is 46.9 Å². The Kier molecular flexibility index (Phi) is 4.02. The monoisotopic (exact) mass is 396 g/mol. The first-order valence-corrected chi connectivity index (χ1v) is 7.32. The fraction of sp³-hybridized carbons (Fsp3) is 0.214. The number of hydrogen-bond acceptors (Lipinski definition) is 5. The lowest BCUT2D eigenvalue weighted by Crippen LogP contribution is -2.03. The minimum Gasteiger partial charge on any atom is -0.497 e. The van der Waals surface area contributed by atoms with E-state index in [2.05, 4.69) is 37.5 Å². The first-order chi connectivity index (χ1) is 10.2. The number of fused-ring (bicyclic) bond motifs is 1. The highest BCUT2D eigenvalue weighted by molar-refractivity contribution is 14.1. The Morgan fingerprint density at radius 3 is 2.57 bits per heavy atom. The van der Waals surface area contributed by atoms with Gasteiger partial charge in [0, 0.05) is 12.7 Å². The molecule has 0 bridgehead atoms. The second kappa shape index (κ2) is 5.94. The summed E-state index contributed by atoms with van der Waals surface area (Å²) in [6.07, 6.45) is 1.54. The summed E-state index contributed by atoms with van der Waals surface area (Å²) in [6, 6.07) is 7.74. The van der Waals surface area contributed by atoms with E-state index >= 15 is 0 Å². The normalized spacial score (nSPS) is 11.0. The number of methoxy groups -OCH3 is 2. The number of rotatable bonds is 4. The molecule has 0 spiro atoms. The summed E-state index contributed by atoms with van der Waals surface area (Å²) in [5, 5.41) is 0. The number of hydrogen-bond donors (Lipinski definition) is 0. The molecule has 0 saturated carbocycles. The van der Waals surface area contributed by atoms with Crippen molar-refractivity contribution >= 4 is 33.8 Å². The maximum absolute atomic E-state index is 5.28. The molecular formula is C14H13IN4O2. The molecule has 0 fully saturated rings. The molecule has 3 aromatic rings. The Balaban J connectivity index is 2.20. The van der Waals surface area contributed by atoms with E-state index in [9.17, 15) is 0 Å². The first kappa shape index (κ1) is 14.2. The summed E-state index contributed by atoms with van der Waals surface area (Å²) >= 11 is 2.16. The molecule has 0 radical (unpaired) electrons. The van der Waals surface area contributed by atoms with Crippen LogP contribution in [0.1, 0.15) is 0 Å². The molecule has 3 rings (SSSR count). The molecular weight excluding hydrogens is 383 g/mol. The molecule has 0 aliphatic rings. The molecule has 2 heterocycles. The van der Waals surface area contributed by atoms with Crippen molar-refractivity contribution < 1.29 is 9.47 Å². The molecule has 0 aliphatic carbocycles. The molecule has 2 aromatic heterocycles. The van der Waals surface area contributed by atoms with Crippen molar-refractivity contribution in [3.8, 4) is 17.1 Å². The number of aromatic nitrogens is 4. The van der Waals surface area contributed by atoms with Gasteiger partial charge in [-0.1, -0.05) is 0 Å². The van der Waals surface area contributed by atoms with Gasteiger partial charge in [-0.2, -0.15) is 0 Å². The minimum absolute atomic E-state index is 0.380. The molecule has 21 heavy (non-hydrogen) atoms. The van der Waals surface area contributed by atoms with Crippen LogP contribution in [0.2, 0.25) is 0 Å². The summed E-state index contributed by atoms with van der Waals surface area (Å²) in [4.78, 5) is 13.2. The van der Waals surface area contributed by atoms with E-state index in [0.29, 0.717) is 6.73 Å². The lowest BCUT2D eigenvalue weighted by atomic mass is 10.2. The number of imidazole rings is 1. The summed E-state index contributed by atoms with van der Waals surface area (Å²) in [6.45, 7) is 0.380. The molecule has 7 heteroatoms. The van der Waals surface area contributed by atoms with Gasteiger partial charge in [-0.15, -0.1) is 0 Å². The van der Waals surface area contributed by atoms with Crippen LogP contribution >= 0.6 is 22.6 Å². The van der Waals surface area contributed by atoms with Crippen LogP contribution in [0, 0.1) is 3.70 Å². The first-order valence-electron chi connectivity index (χ1n) is 6.24. The van der Waals surface area contributed by atoms with Gasteiger partial charge in [0.25, 0.3) is 0 Å². The van der Waals surface area contributed by atoms with Gasteiger partial charge in [0.15, 0.2) is 5.65 Å². The second-order valence-corrected chi connectivity index (χ2v) is 5.37. The maximum atomic E-state index is 5.28. The lowest BCUT2D eigenvalue weighted by Gasteiger charge is -2.07. The fourth-order valence-corrected chi connectivity index (χ4v) is 2.61. The van der Waals surface area contributed by atoms with Gasteiger partial charge < -0.3 is 9.47 Å². The number of halogens is 1. The standard InChI is InChI=1S/C14H13IN4O2/c1-20-8-19-13(9-3-5-10(21-2)6-4-9)18-11-12(15)16-7-17-14(11)19/h3-7H,8H2,1-2H3. The van der Waals surface area contributed by atoms with Gasteiger partial charge in [-0.3, -0.25) is 4.57 Å². The van der Waals surface area contributed by atoms with Crippen molar-refractivity contribution in [2.24, 2.45) is 0 Å². The molecule has 0 saturated heterocycles. The predicted molar refractivity (Wildman–Crippen MR) is 87.0 cm³/mol. The third-order valence-corrected chi connectivity index (χ3v) is 3.88. The molecule has 0 aliphatic heterocycles. The highest BCUT2D eigenvalue weighted by atomic mass is 127. The highest BCUT2D eigenvalue weighted by Crippen LogP contribution is 2.26. The highest BCUT2D eigenvalue weighted by Gasteiger charge is 2.16. The van der Waals surface area contributed by atoms with E-state index in [1.165, 1.54) is 6.33 Å². The summed E-state index contributed by atoms with van der Waals surface area (Å²) < 4.78 is 13.2. The van der Waals surface area contributed by atoms with Crippen molar-refractivity contribution in [2.75, 3.05) is 14.2 Å².